The summed E-state index contributed by atoms with van der Waals surface area (Å²) in [4.78, 5) is 12.4. The average molecular weight is 326 g/mol. The van der Waals surface area contributed by atoms with Crippen LogP contribution in [0.3, 0.4) is 0 Å². The molecule has 2 aromatic rings. The van der Waals surface area contributed by atoms with Crippen LogP contribution in [0.5, 0.6) is 5.75 Å². The van der Waals surface area contributed by atoms with Crippen molar-refractivity contribution in [2.45, 2.75) is 25.0 Å². The van der Waals surface area contributed by atoms with Crippen molar-refractivity contribution in [2.75, 3.05) is 20.3 Å². The number of carbonyl (C=O) groups excluding carboxylic acids is 1. The molecule has 1 fully saturated rings. The molecule has 0 aromatic heterocycles. The third-order valence-electron chi connectivity index (χ3n) is 4.27. The number of ketones is 1. The monoisotopic (exact) mass is 326 g/mol. The van der Waals surface area contributed by atoms with Gasteiger partial charge in [0.2, 0.25) is 0 Å². The Bertz CT molecular complexity index is 658. The molecule has 1 heterocycles. The first kappa shape index (κ1) is 16.7. The standard InChI is InChI=1S/C20H22O4/c1-22-18-10-8-17(9-11-18)20(23-14-5-15-24-20)13-12-19(21)16-6-3-2-4-7-16/h2-4,6-11H,5,12-15H2,1H3. The van der Waals surface area contributed by atoms with Crippen molar-refractivity contribution < 1.29 is 19.0 Å². The Hall–Kier alpha value is -2.17. The van der Waals surface area contributed by atoms with Crippen molar-refractivity contribution >= 4 is 5.78 Å². The van der Waals surface area contributed by atoms with Gasteiger partial charge in [-0.05, 0) is 30.7 Å². The number of methoxy groups -OCH3 is 1. The van der Waals surface area contributed by atoms with Crippen LogP contribution in [0.2, 0.25) is 0 Å². The summed E-state index contributed by atoms with van der Waals surface area (Å²) in [5, 5.41) is 0. The van der Waals surface area contributed by atoms with Gasteiger partial charge in [0.1, 0.15) is 5.75 Å². The summed E-state index contributed by atoms with van der Waals surface area (Å²) in [7, 11) is 1.64. The number of ether oxygens (including phenoxy) is 3. The number of carbonyl (C=O) groups is 1. The Morgan fingerprint density at radius 3 is 2.33 bits per heavy atom. The first-order chi connectivity index (χ1) is 11.7. The molecular weight excluding hydrogens is 304 g/mol. The minimum absolute atomic E-state index is 0.0984. The molecule has 0 N–H and O–H groups in total. The Kier molecular flexibility index (Phi) is 5.28. The molecule has 4 heteroatoms. The summed E-state index contributed by atoms with van der Waals surface area (Å²) in [5.74, 6) is 0.0286. The highest BCUT2D eigenvalue weighted by atomic mass is 16.7. The van der Waals surface area contributed by atoms with Crippen LogP contribution in [-0.2, 0) is 15.3 Å². The quantitative estimate of drug-likeness (QED) is 0.754. The maximum atomic E-state index is 12.4. The lowest BCUT2D eigenvalue weighted by atomic mass is 9.96. The van der Waals surface area contributed by atoms with Crippen LogP contribution in [0.25, 0.3) is 0 Å². The summed E-state index contributed by atoms with van der Waals surface area (Å²) >= 11 is 0. The Morgan fingerprint density at radius 2 is 1.71 bits per heavy atom. The van der Waals surface area contributed by atoms with Crippen molar-refractivity contribution in [3.8, 4) is 5.75 Å². The molecule has 2 aromatic carbocycles. The van der Waals surface area contributed by atoms with Gasteiger partial charge >= 0.3 is 0 Å². The van der Waals surface area contributed by atoms with Crippen LogP contribution in [-0.4, -0.2) is 26.1 Å². The lowest BCUT2D eigenvalue weighted by Crippen LogP contribution is -2.38. The number of rotatable bonds is 6. The molecule has 0 saturated carbocycles. The molecule has 0 unspecified atom stereocenters. The van der Waals surface area contributed by atoms with Crippen molar-refractivity contribution in [2.24, 2.45) is 0 Å². The molecule has 0 radical (unpaired) electrons. The normalized spacial score (nSPS) is 16.5. The Labute approximate surface area is 142 Å². The fraction of sp³-hybridized carbons (Fsp3) is 0.350. The predicted octanol–water partition coefficient (Wildman–Crippen LogP) is 3.95. The summed E-state index contributed by atoms with van der Waals surface area (Å²) in [6.45, 7) is 1.26. The molecule has 1 saturated heterocycles. The largest absolute Gasteiger partial charge is 0.497 e. The molecule has 1 aliphatic rings. The summed E-state index contributed by atoms with van der Waals surface area (Å²) < 4.78 is 17.2. The number of hydrogen-bond acceptors (Lipinski definition) is 4. The van der Waals surface area contributed by atoms with Crippen LogP contribution >= 0.6 is 0 Å². The second kappa shape index (κ2) is 7.60. The molecule has 126 valence electrons. The molecule has 0 aliphatic carbocycles. The molecule has 4 nitrogen and oxygen atoms in total. The van der Waals surface area contributed by atoms with Crippen LogP contribution in [0.4, 0.5) is 0 Å². The third-order valence-corrected chi connectivity index (χ3v) is 4.27. The first-order valence-corrected chi connectivity index (χ1v) is 8.24. The highest BCUT2D eigenvalue weighted by molar-refractivity contribution is 5.96. The Morgan fingerprint density at radius 1 is 1.04 bits per heavy atom. The summed E-state index contributed by atoms with van der Waals surface area (Å²) in [5.41, 5.74) is 1.64. The van der Waals surface area contributed by atoms with E-state index in [2.05, 4.69) is 0 Å². The van der Waals surface area contributed by atoms with Crippen molar-refractivity contribution in [3.05, 3.63) is 65.7 Å². The van der Waals surface area contributed by atoms with E-state index in [0.717, 1.165) is 23.3 Å². The van der Waals surface area contributed by atoms with E-state index in [1.54, 1.807) is 7.11 Å². The van der Waals surface area contributed by atoms with E-state index in [1.165, 1.54) is 0 Å². The van der Waals surface area contributed by atoms with Gasteiger partial charge in [-0.3, -0.25) is 4.79 Å². The average Bonchev–Trinajstić information content (AvgIpc) is 2.67. The van der Waals surface area contributed by atoms with Crippen LogP contribution in [0, 0.1) is 0 Å². The van der Waals surface area contributed by atoms with Gasteiger partial charge in [0.15, 0.2) is 11.6 Å². The van der Waals surface area contributed by atoms with Gasteiger partial charge in [0, 0.05) is 24.0 Å². The van der Waals surface area contributed by atoms with Gasteiger partial charge in [0.25, 0.3) is 0 Å². The molecule has 1 aliphatic heterocycles. The second-order valence-corrected chi connectivity index (χ2v) is 5.82. The molecule has 0 atom stereocenters. The maximum absolute atomic E-state index is 12.4. The van der Waals surface area contributed by atoms with E-state index >= 15 is 0 Å². The van der Waals surface area contributed by atoms with E-state index in [4.69, 9.17) is 14.2 Å². The fourth-order valence-electron chi connectivity index (χ4n) is 2.92. The van der Waals surface area contributed by atoms with Crippen LogP contribution in [0.15, 0.2) is 54.6 Å². The van der Waals surface area contributed by atoms with Gasteiger partial charge in [-0.25, -0.2) is 0 Å². The minimum atomic E-state index is -0.852. The van der Waals surface area contributed by atoms with Crippen molar-refractivity contribution in [3.63, 3.8) is 0 Å². The number of Topliss-reactive ketones (excluding diaryl/α,β-unsaturated/α-hetero) is 1. The lowest BCUT2D eigenvalue weighted by molar-refractivity contribution is -0.279. The Balaban J connectivity index is 1.77. The molecule has 0 amide bonds. The van der Waals surface area contributed by atoms with Crippen LogP contribution < -0.4 is 4.74 Å². The van der Waals surface area contributed by atoms with E-state index in [0.29, 0.717) is 26.1 Å². The highest BCUT2D eigenvalue weighted by Gasteiger charge is 2.37. The molecule has 0 spiro atoms. The molecular formula is C20H22O4. The maximum Gasteiger partial charge on any atom is 0.195 e. The van der Waals surface area contributed by atoms with Gasteiger partial charge in [0.05, 0.1) is 20.3 Å². The van der Waals surface area contributed by atoms with E-state index in [9.17, 15) is 4.79 Å². The summed E-state index contributed by atoms with van der Waals surface area (Å²) in [6, 6.07) is 17.0. The lowest BCUT2D eigenvalue weighted by Gasteiger charge is -2.37. The van der Waals surface area contributed by atoms with Gasteiger partial charge < -0.3 is 14.2 Å². The zero-order valence-corrected chi connectivity index (χ0v) is 13.9. The molecule has 3 rings (SSSR count). The summed E-state index contributed by atoms with van der Waals surface area (Å²) in [6.07, 6.45) is 1.73. The third kappa shape index (κ3) is 3.66. The van der Waals surface area contributed by atoms with Crippen molar-refractivity contribution in [1.82, 2.24) is 0 Å². The number of hydrogen-bond donors (Lipinski definition) is 0. The van der Waals surface area contributed by atoms with Gasteiger partial charge in [-0.15, -0.1) is 0 Å². The minimum Gasteiger partial charge on any atom is -0.497 e. The second-order valence-electron chi connectivity index (χ2n) is 5.82. The zero-order valence-electron chi connectivity index (χ0n) is 13.9. The van der Waals surface area contributed by atoms with Gasteiger partial charge in [-0.1, -0.05) is 30.3 Å². The smallest absolute Gasteiger partial charge is 0.195 e. The SMILES string of the molecule is COc1ccc(C2(CCC(=O)c3ccccc3)OCCCO2)cc1. The van der Waals surface area contributed by atoms with Gasteiger partial charge in [-0.2, -0.15) is 0 Å². The molecule has 0 bridgehead atoms. The zero-order chi connectivity index (χ0) is 16.8. The number of benzene rings is 2. The predicted molar refractivity (Wildman–Crippen MR) is 91.2 cm³/mol. The molecule has 24 heavy (non-hydrogen) atoms. The van der Waals surface area contributed by atoms with E-state index < -0.39 is 5.79 Å². The van der Waals surface area contributed by atoms with Crippen LogP contribution in [0.1, 0.15) is 35.2 Å². The van der Waals surface area contributed by atoms with Crippen molar-refractivity contribution in [1.29, 1.82) is 0 Å². The highest BCUT2D eigenvalue weighted by Crippen LogP contribution is 2.36. The first-order valence-electron chi connectivity index (χ1n) is 8.24. The van der Waals surface area contributed by atoms with E-state index in [-0.39, 0.29) is 5.78 Å². The fourth-order valence-corrected chi connectivity index (χ4v) is 2.92. The topological polar surface area (TPSA) is 44.8 Å². The van der Waals surface area contributed by atoms with E-state index in [1.807, 2.05) is 54.6 Å².